The summed E-state index contributed by atoms with van der Waals surface area (Å²) in [6.07, 6.45) is 0. The van der Waals surface area contributed by atoms with Gasteiger partial charge in [0.1, 0.15) is 5.82 Å². The highest BCUT2D eigenvalue weighted by atomic mass is 19.2. The van der Waals surface area contributed by atoms with Gasteiger partial charge in [0, 0.05) is 17.3 Å². The van der Waals surface area contributed by atoms with E-state index in [2.05, 4.69) is 15.5 Å². The van der Waals surface area contributed by atoms with Gasteiger partial charge in [0.15, 0.2) is 11.6 Å². The summed E-state index contributed by atoms with van der Waals surface area (Å²) in [7, 11) is 0. The van der Waals surface area contributed by atoms with Crippen molar-refractivity contribution in [3.05, 3.63) is 107 Å². The normalized spacial score (nSPS) is 16.1. The van der Waals surface area contributed by atoms with Crippen LogP contribution in [0, 0.1) is 17.5 Å². The van der Waals surface area contributed by atoms with Crippen molar-refractivity contribution in [3.8, 4) is 11.4 Å². The summed E-state index contributed by atoms with van der Waals surface area (Å²) in [5, 5.41) is 6.90. The van der Waals surface area contributed by atoms with Gasteiger partial charge in [-0.05, 0) is 48.9 Å². The Balaban J connectivity index is 1.65. The average Bonchev–Trinajstić information content (AvgIpc) is 3.31. The highest BCUT2D eigenvalue weighted by molar-refractivity contribution is 6.01. The van der Waals surface area contributed by atoms with E-state index in [-0.39, 0.29) is 17.4 Å². The Hall–Kier alpha value is -4.40. The first-order chi connectivity index (χ1) is 16.4. The van der Waals surface area contributed by atoms with Crippen molar-refractivity contribution < 1.29 is 22.5 Å². The van der Waals surface area contributed by atoms with Crippen LogP contribution in [0.25, 0.3) is 17.0 Å². The van der Waals surface area contributed by atoms with Crippen molar-refractivity contribution in [3.63, 3.8) is 0 Å². The molecule has 5 rings (SSSR count). The van der Waals surface area contributed by atoms with Crippen LogP contribution >= 0.6 is 0 Å². The van der Waals surface area contributed by atoms with Gasteiger partial charge in [-0.3, -0.25) is 4.90 Å². The van der Waals surface area contributed by atoms with Crippen molar-refractivity contribution in [2.45, 2.75) is 13.0 Å². The van der Waals surface area contributed by atoms with Crippen LogP contribution in [-0.2, 0) is 0 Å². The lowest BCUT2D eigenvalue weighted by molar-refractivity contribution is 0.244. The SMILES string of the molecule is CC1=C(c2nc(-c3ccc(F)cc3)no2)C(c2ccccc2)NC(=O)N1c1ccc(F)c(F)c1. The Morgan fingerprint density at radius 3 is 2.38 bits per heavy atom. The minimum atomic E-state index is -1.08. The fourth-order valence-electron chi connectivity index (χ4n) is 3.90. The number of carbonyl (C=O) groups excluding carboxylic acids is 1. The lowest BCUT2D eigenvalue weighted by Gasteiger charge is -2.35. The van der Waals surface area contributed by atoms with Crippen LogP contribution in [-0.4, -0.2) is 16.2 Å². The van der Waals surface area contributed by atoms with E-state index in [1.165, 1.54) is 35.2 Å². The molecule has 1 aliphatic rings. The third-order valence-electron chi connectivity index (χ3n) is 5.54. The summed E-state index contributed by atoms with van der Waals surface area (Å²) in [6, 6.07) is 16.8. The number of nitrogens with zero attached hydrogens (tertiary/aromatic N) is 3. The molecule has 0 fully saturated rings. The Morgan fingerprint density at radius 1 is 0.941 bits per heavy atom. The van der Waals surface area contributed by atoms with E-state index in [9.17, 15) is 18.0 Å². The molecule has 0 radical (unpaired) electrons. The molecule has 0 saturated carbocycles. The van der Waals surface area contributed by atoms with Crippen LogP contribution in [0.3, 0.4) is 0 Å². The van der Waals surface area contributed by atoms with Gasteiger partial charge in [0.2, 0.25) is 5.82 Å². The van der Waals surface area contributed by atoms with Crippen LogP contribution in [0.5, 0.6) is 0 Å². The predicted molar refractivity (Wildman–Crippen MR) is 119 cm³/mol. The molecule has 1 aromatic heterocycles. The second-order valence-corrected chi connectivity index (χ2v) is 7.66. The maximum absolute atomic E-state index is 14.0. The largest absolute Gasteiger partial charge is 0.334 e. The number of amides is 2. The van der Waals surface area contributed by atoms with E-state index >= 15 is 0 Å². The van der Waals surface area contributed by atoms with E-state index in [1.54, 1.807) is 6.92 Å². The number of hydrogen-bond donors (Lipinski definition) is 1. The number of carbonyl (C=O) groups is 1. The minimum Gasteiger partial charge on any atom is -0.334 e. The highest BCUT2D eigenvalue weighted by Gasteiger charge is 2.36. The average molecular weight is 462 g/mol. The van der Waals surface area contributed by atoms with Gasteiger partial charge in [-0.2, -0.15) is 4.98 Å². The Bertz CT molecular complexity index is 1400. The van der Waals surface area contributed by atoms with Gasteiger partial charge in [-0.1, -0.05) is 35.5 Å². The number of hydrogen-bond acceptors (Lipinski definition) is 4. The van der Waals surface area contributed by atoms with Gasteiger partial charge >= 0.3 is 6.03 Å². The molecule has 1 unspecified atom stereocenters. The van der Waals surface area contributed by atoms with Gasteiger partial charge in [0.05, 0.1) is 17.3 Å². The predicted octanol–water partition coefficient (Wildman–Crippen LogP) is 5.86. The number of halogens is 3. The fourth-order valence-corrected chi connectivity index (χ4v) is 3.90. The molecule has 0 spiro atoms. The molecule has 1 N–H and O–H groups in total. The van der Waals surface area contributed by atoms with E-state index in [4.69, 9.17) is 4.52 Å². The van der Waals surface area contributed by atoms with Crippen molar-refractivity contribution >= 4 is 17.3 Å². The maximum atomic E-state index is 14.0. The molecule has 0 bridgehead atoms. The number of rotatable bonds is 4. The molecular weight excluding hydrogens is 445 g/mol. The lowest BCUT2D eigenvalue weighted by atomic mass is 9.94. The summed E-state index contributed by atoms with van der Waals surface area (Å²) in [4.78, 5) is 18.8. The van der Waals surface area contributed by atoms with Crippen molar-refractivity contribution in [2.75, 3.05) is 4.90 Å². The van der Waals surface area contributed by atoms with Crippen LogP contribution in [0.1, 0.15) is 24.4 Å². The number of urea groups is 1. The summed E-state index contributed by atoms with van der Waals surface area (Å²) in [5.74, 6) is -2.14. The molecular formula is C25H17F3N4O2. The smallest absolute Gasteiger partial charge is 0.327 e. The number of nitrogens with one attached hydrogen (secondary N) is 1. The zero-order chi connectivity index (χ0) is 23.8. The monoisotopic (exact) mass is 462 g/mol. The number of benzene rings is 3. The molecule has 170 valence electrons. The zero-order valence-electron chi connectivity index (χ0n) is 17.8. The summed E-state index contributed by atoms with van der Waals surface area (Å²) < 4.78 is 46.3. The molecule has 4 aromatic rings. The fraction of sp³-hybridized carbons (Fsp3) is 0.0800. The Kier molecular flexibility index (Phi) is 5.37. The van der Waals surface area contributed by atoms with E-state index in [0.29, 0.717) is 16.8 Å². The molecule has 3 aromatic carbocycles. The highest BCUT2D eigenvalue weighted by Crippen LogP contribution is 2.39. The first-order valence-corrected chi connectivity index (χ1v) is 10.3. The molecule has 1 aliphatic heterocycles. The molecule has 1 atom stereocenters. The van der Waals surface area contributed by atoms with Gasteiger partial charge in [-0.25, -0.2) is 18.0 Å². The summed E-state index contributed by atoms with van der Waals surface area (Å²) in [5.41, 5.74) is 2.32. The summed E-state index contributed by atoms with van der Waals surface area (Å²) in [6.45, 7) is 1.66. The minimum absolute atomic E-state index is 0.123. The Morgan fingerprint density at radius 2 is 1.68 bits per heavy atom. The lowest BCUT2D eigenvalue weighted by Crippen LogP contribution is -2.46. The van der Waals surface area contributed by atoms with Crippen LogP contribution in [0.15, 0.2) is 83.0 Å². The molecule has 2 heterocycles. The summed E-state index contributed by atoms with van der Waals surface area (Å²) >= 11 is 0. The first-order valence-electron chi connectivity index (χ1n) is 10.3. The van der Waals surface area contributed by atoms with E-state index < -0.39 is 29.5 Å². The third kappa shape index (κ3) is 3.81. The molecule has 0 aliphatic carbocycles. The van der Waals surface area contributed by atoms with Crippen molar-refractivity contribution in [1.29, 1.82) is 0 Å². The standard InChI is InChI=1S/C25H17F3N4O2/c1-14-21(24-30-23(31-34-24)16-7-9-17(26)10-8-16)22(15-5-3-2-4-6-15)29-25(33)32(14)18-11-12-19(27)20(28)13-18/h2-13,22H,1H3,(H,29,33). The molecule has 0 saturated heterocycles. The number of allylic oxidation sites excluding steroid dienone is 1. The molecule has 9 heteroatoms. The Labute approximate surface area is 192 Å². The van der Waals surface area contributed by atoms with Crippen molar-refractivity contribution in [2.24, 2.45) is 0 Å². The molecule has 6 nitrogen and oxygen atoms in total. The first kappa shape index (κ1) is 21.4. The second kappa shape index (κ2) is 8.51. The van der Waals surface area contributed by atoms with Crippen LogP contribution in [0.2, 0.25) is 0 Å². The maximum Gasteiger partial charge on any atom is 0.327 e. The molecule has 34 heavy (non-hydrogen) atoms. The van der Waals surface area contributed by atoms with Crippen molar-refractivity contribution in [1.82, 2.24) is 15.5 Å². The van der Waals surface area contributed by atoms with Gasteiger partial charge in [-0.15, -0.1) is 0 Å². The van der Waals surface area contributed by atoms with Crippen LogP contribution < -0.4 is 10.2 Å². The quantitative estimate of drug-likeness (QED) is 0.413. The van der Waals surface area contributed by atoms with Gasteiger partial charge < -0.3 is 9.84 Å². The zero-order valence-corrected chi connectivity index (χ0v) is 17.8. The van der Waals surface area contributed by atoms with Gasteiger partial charge in [0.25, 0.3) is 5.89 Å². The number of aromatic nitrogens is 2. The molecule has 2 amide bonds. The third-order valence-corrected chi connectivity index (χ3v) is 5.54. The number of anilines is 1. The second-order valence-electron chi connectivity index (χ2n) is 7.66. The topological polar surface area (TPSA) is 71.3 Å². The van der Waals surface area contributed by atoms with E-state index in [1.807, 2.05) is 30.3 Å². The van der Waals surface area contributed by atoms with Crippen LogP contribution in [0.4, 0.5) is 23.7 Å². The van der Waals surface area contributed by atoms with E-state index in [0.717, 1.165) is 17.7 Å².